The molecule has 1 aromatic rings. The summed E-state index contributed by atoms with van der Waals surface area (Å²) in [6.45, 7) is 0.940. The van der Waals surface area contributed by atoms with Crippen molar-refractivity contribution in [2.75, 3.05) is 11.9 Å². The number of carboxylic acid groups (broad SMARTS) is 1. The zero-order chi connectivity index (χ0) is 11.8. The molecule has 3 rings (SSSR count). The second-order valence-corrected chi connectivity index (χ2v) is 4.86. The molecule has 1 fully saturated rings. The number of rotatable bonds is 2. The first kappa shape index (κ1) is 10.6. The minimum absolute atomic E-state index is 0.0981. The molecule has 0 bridgehead atoms. The topological polar surface area (TPSA) is 80.0 Å². The number of carbonyl (C=O) groups is 1. The van der Waals surface area contributed by atoms with Gasteiger partial charge in [0.2, 0.25) is 5.95 Å². The third-order valence-electron chi connectivity index (χ3n) is 3.69. The van der Waals surface area contributed by atoms with Gasteiger partial charge in [0.1, 0.15) is 6.42 Å². The predicted octanol–water partition coefficient (Wildman–Crippen LogP) is 1.06. The zero-order valence-electron chi connectivity index (χ0n) is 9.59. The van der Waals surface area contributed by atoms with Crippen LogP contribution in [-0.4, -0.2) is 32.4 Å². The molecule has 0 aromatic carbocycles. The van der Waals surface area contributed by atoms with Crippen LogP contribution in [0.4, 0.5) is 5.95 Å². The number of anilines is 1. The second kappa shape index (κ2) is 4.01. The standard InChI is InChI=1S/C11H16N4O2/c16-10(17)5-9-13-11-12-6-7-3-1-2-4-8(7)15(11)14-9/h7-8H,1-6H2,(H,16,17)(H,12,13,14). The van der Waals surface area contributed by atoms with Crippen LogP contribution in [-0.2, 0) is 11.2 Å². The molecule has 2 unspecified atom stereocenters. The molecule has 92 valence electrons. The number of aromatic nitrogens is 3. The van der Waals surface area contributed by atoms with Crippen LogP contribution >= 0.6 is 0 Å². The summed E-state index contributed by atoms with van der Waals surface area (Å²) in [6.07, 6.45) is 4.78. The van der Waals surface area contributed by atoms with Gasteiger partial charge < -0.3 is 10.4 Å². The summed E-state index contributed by atoms with van der Waals surface area (Å²) >= 11 is 0. The smallest absolute Gasteiger partial charge is 0.311 e. The Morgan fingerprint density at radius 3 is 3.12 bits per heavy atom. The molecule has 1 aliphatic carbocycles. The minimum Gasteiger partial charge on any atom is -0.481 e. The third-order valence-corrected chi connectivity index (χ3v) is 3.69. The van der Waals surface area contributed by atoms with E-state index in [1.807, 2.05) is 4.68 Å². The number of hydrogen-bond acceptors (Lipinski definition) is 4. The molecular weight excluding hydrogens is 220 g/mol. The van der Waals surface area contributed by atoms with Crippen molar-refractivity contribution in [2.45, 2.75) is 38.1 Å². The van der Waals surface area contributed by atoms with Gasteiger partial charge in [0.15, 0.2) is 5.82 Å². The molecule has 1 aliphatic heterocycles. The lowest BCUT2D eigenvalue weighted by Crippen LogP contribution is -2.35. The van der Waals surface area contributed by atoms with Gasteiger partial charge in [-0.3, -0.25) is 4.79 Å². The Kier molecular flexibility index (Phi) is 2.49. The average molecular weight is 236 g/mol. The largest absolute Gasteiger partial charge is 0.481 e. The van der Waals surface area contributed by atoms with Crippen molar-refractivity contribution in [3.63, 3.8) is 0 Å². The van der Waals surface area contributed by atoms with Crippen LogP contribution in [0.3, 0.4) is 0 Å². The Morgan fingerprint density at radius 1 is 1.47 bits per heavy atom. The highest BCUT2D eigenvalue weighted by atomic mass is 16.4. The minimum atomic E-state index is -0.881. The maximum atomic E-state index is 10.7. The van der Waals surface area contributed by atoms with E-state index in [9.17, 15) is 4.79 Å². The molecule has 0 spiro atoms. The maximum absolute atomic E-state index is 10.7. The molecule has 6 heteroatoms. The molecular formula is C11H16N4O2. The third kappa shape index (κ3) is 1.87. The van der Waals surface area contributed by atoms with Crippen LogP contribution < -0.4 is 5.32 Å². The summed E-state index contributed by atoms with van der Waals surface area (Å²) in [5.74, 6) is 0.888. The van der Waals surface area contributed by atoms with Gasteiger partial charge in [-0.2, -0.15) is 10.1 Å². The summed E-state index contributed by atoms with van der Waals surface area (Å²) in [7, 11) is 0. The highest BCUT2D eigenvalue weighted by Gasteiger charge is 2.33. The first-order chi connectivity index (χ1) is 8.24. The van der Waals surface area contributed by atoms with Gasteiger partial charge in [-0.25, -0.2) is 4.68 Å². The molecule has 0 radical (unpaired) electrons. The van der Waals surface area contributed by atoms with Gasteiger partial charge in [-0.1, -0.05) is 12.8 Å². The van der Waals surface area contributed by atoms with Crippen molar-refractivity contribution in [2.24, 2.45) is 5.92 Å². The SMILES string of the molecule is O=C(O)Cc1nc2n(n1)C1CCCCC1CN2. The Hall–Kier alpha value is -1.59. The normalized spacial score (nSPS) is 26.8. The molecule has 0 amide bonds. The fourth-order valence-electron chi connectivity index (χ4n) is 2.90. The summed E-state index contributed by atoms with van der Waals surface area (Å²) in [5, 5.41) is 16.3. The molecule has 17 heavy (non-hydrogen) atoms. The first-order valence-corrected chi connectivity index (χ1v) is 6.15. The number of carboxylic acids is 1. The number of nitrogens with zero attached hydrogens (tertiary/aromatic N) is 3. The summed E-state index contributed by atoms with van der Waals surface area (Å²) in [6, 6.07) is 0.412. The van der Waals surface area contributed by atoms with Crippen molar-refractivity contribution in [3.8, 4) is 0 Å². The molecule has 2 aliphatic rings. The van der Waals surface area contributed by atoms with Gasteiger partial charge in [-0.05, 0) is 18.8 Å². The Balaban J connectivity index is 1.88. The molecule has 2 heterocycles. The van der Waals surface area contributed by atoms with Crippen molar-refractivity contribution >= 4 is 11.9 Å². The van der Waals surface area contributed by atoms with E-state index in [2.05, 4.69) is 15.4 Å². The predicted molar refractivity (Wildman–Crippen MR) is 60.8 cm³/mol. The lowest BCUT2D eigenvalue weighted by Gasteiger charge is -2.36. The fourth-order valence-corrected chi connectivity index (χ4v) is 2.90. The van der Waals surface area contributed by atoms with Crippen LogP contribution in [0.25, 0.3) is 0 Å². The Morgan fingerprint density at radius 2 is 2.29 bits per heavy atom. The van der Waals surface area contributed by atoms with E-state index in [-0.39, 0.29) is 6.42 Å². The van der Waals surface area contributed by atoms with Crippen LogP contribution in [0.5, 0.6) is 0 Å². The molecule has 2 N–H and O–H groups in total. The van der Waals surface area contributed by atoms with E-state index < -0.39 is 5.97 Å². The van der Waals surface area contributed by atoms with Crippen LogP contribution in [0.2, 0.25) is 0 Å². The molecule has 2 atom stereocenters. The van der Waals surface area contributed by atoms with Gasteiger partial charge in [0, 0.05) is 6.54 Å². The van der Waals surface area contributed by atoms with Crippen molar-refractivity contribution in [1.29, 1.82) is 0 Å². The lowest BCUT2D eigenvalue weighted by atomic mass is 9.84. The Labute approximate surface area is 99.0 Å². The van der Waals surface area contributed by atoms with Crippen LogP contribution in [0.1, 0.15) is 37.5 Å². The van der Waals surface area contributed by atoms with E-state index in [4.69, 9.17) is 5.11 Å². The average Bonchev–Trinajstić information content (AvgIpc) is 2.70. The highest BCUT2D eigenvalue weighted by molar-refractivity contribution is 5.69. The van der Waals surface area contributed by atoms with Crippen molar-refractivity contribution in [3.05, 3.63) is 5.82 Å². The highest BCUT2D eigenvalue weighted by Crippen LogP contribution is 2.37. The monoisotopic (exact) mass is 236 g/mol. The number of fused-ring (bicyclic) bond motifs is 3. The van der Waals surface area contributed by atoms with Gasteiger partial charge >= 0.3 is 5.97 Å². The quantitative estimate of drug-likeness (QED) is 0.802. The fraction of sp³-hybridized carbons (Fsp3) is 0.727. The van der Waals surface area contributed by atoms with E-state index in [0.717, 1.165) is 18.9 Å². The van der Waals surface area contributed by atoms with Gasteiger partial charge in [0.05, 0.1) is 6.04 Å². The van der Waals surface area contributed by atoms with Crippen LogP contribution in [0, 0.1) is 5.92 Å². The van der Waals surface area contributed by atoms with Gasteiger partial charge in [-0.15, -0.1) is 0 Å². The molecule has 0 saturated heterocycles. The first-order valence-electron chi connectivity index (χ1n) is 6.15. The number of aliphatic carboxylic acids is 1. The van der Waals surface area contributed by atoms with Crippen molar-refractivity contribution < 1.29 is 9.90 Å². The van der Waals surface area contributed by atoms with Crippen LogP contribution in [0.15, 0.2) is 0 Å². The summed E-state index contributed by atoms with van der Waals surface area (Å²) < 4.78 is 1.91. The zero-order valence-corrected chi connectivity index (χ0v) is 9.59. The van der Waals surface area contributed by atoms with Gasteiger partial charge in [0.25, 0.3) is 0 Å². The Bertz CT molecular complexity index is 443. The summed E-state index contributed by atoms with van der Waals surface area (Å²) in [4.78, 5) is 14.9. The number of hydrogen-bond donors (Lipinski definition) is 2. The molecule has 1 aromatic heterocycles. The second-order valence-electron chi connectivity index (χ2n) is 4.86. The van der Waals surface area contributed by atoms with E-state index in [1.54, 1.807) is 0 Å². The van der Waals surface area contributed by atoms with E-state index >= 15 is 0 Å². The van der Waals surface area contributed by atoms with Crippen molar-refractivity contribution in [1.82, 2.24) is 14.8 Å². The summed E-state index contributed by atoms with van der Waals surface area (Å²) in [5.41, 5.74) is 0. The maximum Gasteiger partial charge on any atom is 0.311 e. The molecule has 6 nitrogen and oxygen atoms in total. The van der Waals surface area contributed by atoms with E-state index in [1.165, 1.54) is 19.3 Å². The van der Waals surface area contributed by atoms with E-state index in [0.29, 0.717) is 17.8 Å². The molecule has 1 saturated carbocycles. The number of nitrogens with one attached hydrogen (secondary N) is 1. The lowest BCUT2D eigenvalue weighted by molar-refractivity contribution is -0.136.